The quantitative estimate of drug-likeness (QED) is 0.783. The zero-order valence-corrected chi connectivity index (χ0v) is 10.5. The molecule has 6 heteroatoms. The number of unbranched alkanes of at least 4 members (excludes halogenated alkanes) is 1. The highest BCUT2D eigenvalue weighted by atomic mass is 19.4. The molecular formula is C13H17F3N2O. The van der Waals surface area contributed by atoms with Crippen LogP contribution in [0.1, 0.15) is 30.4 Å². The Kier molecular flexibility index (Phi) is 5.82. The normalized spacial score (nSPS) is 11.4. The van der Waals surface area contributed by atoms with Gasteiger partial charge in [-0.3, -0.25) is 4.79 Å². The highest BCUT2D eigenvalue weighted by Gasteiger charge is 2.32. The van der Waals surface area contributed by atoms with Crippen LogP contribution in [0.25, 0.3) is 0 Å². The van der Waals surface area contributed by atoms with Crippen molar-refractivity contribution in [3.8, 4) is 0 Å². The Balaban J connectivity index is 2.56. The first-order chi connectivity index (χ1) is 8.95. The molecule has 0 saturated carbocycles. The minimum Gasteiger partial charge on any atom is -0.352 e. The number of alkyl halides is 3. The minimum absolute atomic E-state index is 0.0715. The summed E-state index contributed by atoms with van der Waals surface area (Å²) in [6, 6.07) is 5.22. The maximum atomic E-state index is 12.7. The number of carbonyl (C=O) groups excluding carboxylic acids is 1. The van der Waals surface area contributed by atoms with E-state index in [9.17, 15) is 18.0 Å². The van der Waals surface area contributed by atoms with Crippen LogP contribution >= 0.6 is 0 Å². The van der Waals surface area contributed by atoms with Gasteiger partial charge in [0.05, 0.1) is 5.56 Å². The molecular weight excluding hydrogens is 257 g/mol. The molecule has 0 bridgehead atoms. The van der Waals surface area contributed by atoms with Gasteiger partial charge in [0.15, 0.2) is 0 Å². The predicted octanol–water partition coefficient (Wildman–Crippen LogP) is 2.45. The predicted molar refractivity (Wildman–Crippen MR) is 66.2 cm³/mol. The highest BCUT2D eigenvalue weighted by Crippen LogP contribution is 2.31. The Morgan fingerprint density at radius 2 is 1.89 bits per heavy atom. The molecule has 0 atom stereocenters. The lowest BCUT2D eigenvalue weighted by atomic mass is 10.1. The average Bonchev–Trinajstić information content (AvgIpc) is 2.36. The lowest BCUT2D eigenvalue weighted by Gasteiger charge is -2.13. The van der Waals surface area contributed by atoms with Crippen molar-refractivity contribution in [2.75, 3.05) is 6.54 Å². The molecule has 0 unspecified atom stereocenters. The van der Waals surface area contributed by atoms with Crippen LogP contribution in [-0.2, 0) is 17.5 Å². The van der Waals surface area contributed by atoms with Crippen LogP contribution in [-0.4, -0.2) is 12.5 Å². The van der Waals surface area contributed by atoms with Gasteiger partial charge < -0.3 is 11.1 Å². The fourth-order valence-electron chi connectivity index (χ4n) is 1.66. The summed E-state index contributed by atoms with van der Waals surface area (Å²) in [5.74, 6) is -0.259. The Hall–Kier alpha value is -1.56. The summed E-state index contributed by atoms with van der Waals surface area (Å²) in [5, 5.41) is 2.49. The number of rotatable bonds is 6. The fourth-order valence-corrected chi connectivity index (χ4v) is 1.66. The van der Waals surface area contributed by atoms with E-state index < -0.39 is 11.7 Å². The number of carbonyl (C=O) groups is 1. The van der Waals surface area contributed by atoms with Gasteiger partial charge in [-0.2, -0.15) is 13.2 Å². The van der Waals surface area contributed by atoms with Crippen LogP contribution in [0.3, 0.4) is 0 Å². The molecule has 1 amide bonds. The Morgan fingerprint density at radius 1 is 1.21 bits per heavy atom. The summed E-state index contributed by atoms with van der Waals surface area (Å²) >= 11 is 0. The fraction of sp³-hybridized carbons (Fsp3) is 0.462. The van der Waals surface area contributed by atoms with Crippen molar-refractivity contribution in [2.45, 2.75) is 32.0 Å². The van der Waals surface area contributed by atoms with Crippen molar-refractivity contribution in [2.24, 2.45) is 5.73 Å². The lowest BCUT2D eigenvalue weighted by Crippen LogP contribution is -2.24. The molecule has 0 spiro atoms. The van der Waals surface area contributed by atoms with Gasteiger partial charge in [0.25, 0.3) is 0 Å². The van der Waals surface area contributed by atoms with E-state index in [0.29, 0.717) is 13.0 Å². The first kappa shape index (κ1) is 15.5. The Bertz CT molecular complexity index is 419. The zero-order chi connectivity index (χ0) is 14.3. The summed E-state index contributed by atoms with van der Waals surface area (Å²) < 4.78 is 38.1. The van der Waals surface area contributed by atoms with Gasteiger partial charge in [-0.1, -0.05) is 18.2 Å². The van der Waals surface area contributed by atoms with E-state index in [0.717, 1.165) is 12.5 Å². The van der Waals surface area contributed by atoms with Crippen LogP contribution < -0.4 is 11.1 Å². The lowest BCUT2D eigenvalue weighted by molar-refractivity contribution is -0.138. The standard InChI is InChI=1S/C13H17F3N2O/c14-13(15,16)11-6-2-1-5-10(11)9-18-12(19)7-3-4-8-17/h1-2,5-6H,3-4,7-9,17H2,(H,18,19). The number of nitrogens with two attached hydrogens (primary N) is 1. The van der Waals surface area contributed by atoms with Crippen molar-refractivity contribution in [3.63, 3.8) is 0 Å². The molecule has 19 heavy (non-hydrogen) atoms. The number of hydrogen-bond donors (Lipinski definition) is 2. The topological polar surface area (TPSA) is 55.1 Å². The van der Waals surface area contributed by atoms with E-state index in [-0.39, 0.29) is 24.4 Å². The summed E-state index contributed by atoms with van der Waals surface area (Å²) in [6.07, 6.45) is -2.75. The smallest absolute Gasteiger partial charge is 0.352 e. The average molecular weight is 274 g/mol. The third-order valence-corrected chi connectivity index (χ3v) is 2.66. The van der Waals surface area contributed by atoms with Crippen LogP contribution in [0.15, 0.2) is 24.3 Å². The van der Waals surface area contributed by atoms with Crippen LogP contribution in [0.4, 0.5) is 13.2 Å². The van der Waals surface area contributed by atoms with Crippen molar-refractivity contribution >= 4 is 5.91 Å². The van der Waals surface area contributed by atoms with Crippen LogP contribution in [0.2, 0.25) is 0 Å². The van der Waals surface area contributed by atoms with E-state index >= 15 is 0 Å². The molecule has 1 rings (SSSR count). The highest BCUT2D eigenvalue weighted by molar-refractivity contribution is 5.75. The number of amides is 1. The van der Waals surface area contributed by atoms with E-state index in [1.807, 2.05) is 0 Å². The van der Waals surface area contributed by atoms with Gasteiger partial charge in [-0.25, -0.2) is 0 Å². The van der Waals surface area contributed by atoms with Crippen molar-refractivity contribution in [3.05, 3.63) is 35.4 Å². The summed E-state index contributed by atoms with van der Waals surface area (Å²) in [7, 11) is 0. The SMILES string of the molecule is NCCCCC(=O)NCc1ccccc1C(F)(F)F. The van der Waals surface area contributed by atoms with Crippen molar-refractivity contribution in [1.29, 1.82) is 0 Å². The molecule has 0 aromatic heterocycles. The largest absolute Gasteiger partial charge is 0.416 e. The van der Waals surface area contributed by atoms with E-state index in [1.165, 1.54) is 18.2 Å². The first-order valence-electron chi connectivity index (χ1n) is 6.07. The second-order valence-corrected chi connectivity index (χ2v) is 4.18. The van der Waals surface area contributed by atoms with Gasteiger partial charge in [0, 0.05) is 13.0 Å². The molecule has 0 aliphatic rings. The first-order valence-corrected chi connectivity index (χ1v) is 6.07. The van der Waals surface area contributed by atoms with E-state index in [1.54, 1.807) is 0 Å². The van der Waals surface area contributed by atoms with Gasteiger partial charge in [-0.15, -0.1) is 0 Å². The number of halogens is 3. The molecule has 0 fully saturated rings. The second kappa shape index (κ2) is 7.13. The third kappa shape index (κ3) is 5.30. The maximum Gasteiger partial charge on any atom is 0.416 e. The Morgan fingerprint density at radius 3 is 2.53 bits per heavy atom. The number of hydrogen-bond acceptors (Lipinski definition) is 2. The van der Waals surface area contributed by atoms with Crippen LogP contribution in [0, 0.1) is 0 Å². The van der Waals surface area contributed by atoms with Crippen LogP contribution in [0.5, 0.6) is 0 Å². The summed E-state index contributed by atoms with van der Waals surface area (Å²) in [6.45, 7) is 0.390. The molecule has 106 valence electrons. The van der Waals surface area contributed by atoms with Crippen molar-refractivity contribution in [1.82, 2.24) is 5.32 Å². The summed E-state index contributed by atoms with van der Waals surface area (Å²) in [5.41, 5.74) is 4.65. The molecule has 1 aromatic rings. The minimum atomic E-state index is -4.40. The van der Waals surface area contributed by atoms with Gasteiger partial charge in [-0.05, 0) is 31.0 Å². The molecule has 3 nitrogen and oxygen atoms in total. The summed E-state index contributed by atoms with van der Waals surface area (Å²) in [4.78, 5) is 11.4. The molecule has 3 N–H and O–H groups in total. The molecule has 0 heterocycles. The van der Waals surface area contributed by atoms with Gasteiger partial charge in [0.1, 0.15) is 0 Å². The maximum absolute atomic E-state index is 12.7. The third-order valence-electron chi connectivity index (χ3n) is 2.66. The van der Waals surface area contributed by atoms with Gasteiger partial charge in [0.2, 0.25) is 5.91 Å². The monoisotopic (exact) mass is 274 g/mol. The number of benzene rings is 1. The van der Waals surface area contributed by atoms with Crippen molar-refractivity contribution < 1.29 is 18.0 Å². The molecule has 1 aromatic carbocycles. The second-order valence-electron chi connectivity index (χ2n) is 4.18. The molecule has 0 aliphatic heterocycles. The molecule has 0 radical (unpaired) electrons. The zero-order valence-electron chi connectivity index (χ0n) is 10.5. The van der Waals surface area contributed by atoms with Gasteiger partial charge >= 0.3 is 6.18 Å². The van der Waals surface area contributed by atoms with E-state index in [2.05, 4.69) is 5.32 Å². The number of nitrogens with one attached hydrogen (secondary N) is 1. The molecule has 0 aliphatic carbocycles. The molecule has 0 saturated heterocycles. The van der Waals surface area contributed by atoms with E-state index in [4.69, 9.17) is 5.73 Å². The Labute approximate surface area is 110 Å².